The molecule has 0 atom stereocenters. The van der Waals surface area contributed by atoms with Crippen LogP contribution < -0.4 is 0 Å². The maximum Gasteiger partial charge on any atom is 2.00 e. The van der Waals surface area contributed by atoms with E-state index >= 15 is 0 Å². The van der Waals surface area contributed by atoms with Crippen LogP contribution in [0.4, 0.5) is 61.5 Å². The first kappa shape index (κ1) is 99.8. The molecule has 0 saturated heterocycles. The minimum absolute atomic E-state index is 0. The van der Waals surface area contributed by atoms with Crippen LogP contribution >= 0.6 is 23.2 Å². The van der Waals surface area contributed by atoms with Crippen molar-refractivity contribution in [3.63, 3.8) is 0 Å². The molecule has 0 aliphatic rings. The third-order valence-electron chi connectivity index (χ3n) is 19.3. The summed E-state index contributed by atoms with van der Waals surface area (Å²) in [5.41, 5.74) is 4.46. The van der Waals surface area contributed by atoms with Gasteiger partial charge in [0, 0.05) is 66.1 Å². The molecule has 35 heteroatoms. The van der Waals surface area contributed by atoms with E-state index in [1.54, 1.807) is 140 Å². The normalized spacial score (nSPS) is 11.2. The predicted molar refractivity (Wildman–Crippen MR) is 437 cm³/mol. The van der Waals surface area contributed by atoms with E-state index in [1.165, 1.54) is 18.2 Å². The maximum atomic E-state index is 14.2. The quantitative estimate of drug-likeness (QED) is 0.0501. The molecule has 0 aliphatic carbocycles. The van der Waals surface area contributed by atoms with Gasteiger partial charge in [-0.15, -0.1) is 65.7 Å². The summed E-state index contributed by atoms with van der Waals surface area (Å²) in [5.74, 6) is -13.1. The number of hydrogen-bond acceptors (Lipinski definition) is 16. The van der Waals surface area contributed by atoms with Gasteiger partial charge in [-0.25, -0.2) is 43.9 Å². The van der Waals surface area contributed by atoms with Crippen molar-refractivity contribution in [3.8, 4) is 90.1 Å². The predicted octanol–water partition coefficient (Wildman–Crippen LogP) is 22.4. The molecule has 0 amide bonds. The molecular formula is C93H62Cl2F14N16Pt3. The van der Waals surface area contributed by atoms with Gasteiger partial charge in [-0.05, 0) is 174 Å². The Morgan fingerprint density at radius 1 is 0.211 bits per heavy atom. The van der Waals surface area contributed by atoms with Crippen molar-refractivity contribution in [2.75, 3.05) is 0 Å². The van der Waals surface area contributed by atoms with Crippen molar-refractivity contribution < 1.29 is 125 Å². The average molecular weight is 2330 g/mol. The van der Waals surface area contributed by atoms with Crippen LogP contribution in [0.5, 0.6) is 0 Å². The standard InChI is InChI=1S/2C23H14ClF3N4.C23H16F4N4.C23H14F4N4.CH4.3Pt/c1-23(2,17-7-3-5-15(28-17)13-9-11-19(25)30-21(13)24)18-8-4-6-16(29-18)14-10-12-20(26)31-22(14)27;3*1-23(2,17-7-3-5-15(28-17)13-9-11-19(24)30-21(13)26)18-8-4-6-16(29-18)14-10-12-20(25)31-22(14)27;;;;/h2*3-8,11-12H,1-2H3;3-12H,1-2H3;3-8,11-12H,1-2H3;1H4;;;/q2*-2;;-2;;3*+2. The number of halogens is 16. The van der Waals surface area contributed by atoms with Gasteiger partial charge in [0.15, 0.2) is 0 Å². The van der Waals surface area contributed by atoms with E-state index in [9.17, 15) is 61.5 Å². The van der Waals surface area contributed by atoms with Gasteiger partial charge in [0.1, 0.15) is 59.5 Å². The second-order valence-electron chi connectivity index (χ2n) is 29.0. The number of nitrogens with zero attached hydrogens (tertiary/aromatic N) is 16. The Morgan fingerprint density at radius 2 is 0.406 bits per heavy atom. The number of hydrogen-bond donors (Lipinski definition) is 0. The molecule has 0 unspecified atom stereocenters. The molecule has 0 aliphatic heterocycles. The van der Waals surface area contributed by atoms with Gasteiger partial charge in [-0.2, -0.15) is 27.5 Å². The van der Waals surface area contributed by atoms with E-state index < -0.39 is 105 Å². The SMILES string of the molecule is C.CC(C)(c1cccc(-c2[c-]cc(F)nc2F)n1)c1cccc(-c2[c-]cc(Cl)nc2F)n1.CC(C)(c1cccc(-c2[c-]cc(F)nc2F)n1)c1cccc(-c2[c-]cc(F)nc2Cl)n1.CC(C)(c1cccc(-c2[c-]cc(F)nc2F)n1)c1cccc(-c2[c-]cc(F)nc2F)n1.CC(C)(c1cccc(-c2ccc(F)nc2F)n1)c1cccc(-c2ccc(F)nc2F)n1.[Pt+2].[Pt+2].[Pt+2]. The minimum Gasteiger partial charge on any atom is -0.306 e. The summed E-state index contributed by atoms with van der Waals surface area (Å²) >= 11 is 11.8. The summed E-state index contributed by atoms with van der Waals surface area (Å²) in [6.07, 6.45) is 0. The van der Waals surface area contributed by atoms with Crippen LogP contribution in [0.2, 0.25) is 10.3 Å². The van der Waals surface area contributed by atoms with Crippen LogP contribution in [-0.4, -0.2) is 79.7 Å². The summed E-state index contributed by atoms with van der Waals surface area (Å²) in [5, 5.41) is -0.0459. The Hall–Kier alpha value is -11.9. The Kier molecular flexibility index (Phi) is 33.0. The van der Waals surface area contributed by atoms with Crippen molar-refractivity contribution in [1.29, 1.82) is 0 Å². The zero-order chi connectivity index (χ0) is 88.7. The fraction of sp³-hybridized carbons (Fsp3) is 0.140. The molecule has 16 nitrogen and oxygen atoms in total. The molecule has 0 aromatic carbocycles. The average Bonchev–Trinajstić information content (AvgIpc) is 0.815. The zero-order valence-corrected chi connectivity index (χ0v) is 75.1. The molecule has 16 heterocycles. The molecule has 0 saturated carbocycles. The molecular weight excluding hydrogens is 2260 g/mol. The number of aromatic nitrogens is 16. The first-order valence-electron chi connectivity index (χ1n) is 36.9. The van der Waals surface area contributed by atoms with Gasteiger partial charge in [0.2, 0.25) is 23.8 Å². The molecule has 16 aromatic rings. The van der Waals surface area contributed by atoms with E-state index in [0.717, 1.165) is 42.5 Å². The van der Waals surface area contributed by atoms with Crippen molar-refractivity contribution in [2.45, 2.75) is 84.5 Å². The fourth-order valence-electron chi connectivity index (χ4n) is 12.4. The monoisotopic (exact) mass is 2320 g/mol. The zero-order valence-electron chi connectivity index (χ0n) is 66.8. The van der Waals surface area contributed by atoms with Gasteiger partial charge >= 0.3 is 63.2 Å². The largest absolute Gasteiger partial charge is 2.00 e. The Labute approximate surface area is 778 Å². The van der Waals surface area contributed by atoms with Gasteiger partial charge in [0.05, 0.1) is 33.9 Å². The second kappa shape index (κ2) is 42.3. The molecule has 0 radical (unpaired) electrons. The van der Waals surface area contributed by atoms with Crippen LogP contribution in [-0.2, 0) is 84.9 Å². The van der Waals surface area contributed by atoms with Crippen molar-refractivity contribution in [1.82, 2.24) is 79.7 Å². The van der Waals surface area contributed by atoms with Crippen LogP contribution in [0.1, 0.15) is 108 Å². The third-order valence-corrected chi connectivity index (χ3v) is 19.8. The van der Waals surface area contributed by atoms with Crippen molar-refractivity contribution in [3.05, 3.63) is 382 Å². The summed E-state index contributed by atoms with van der Waals surface area (Å²) < 4.78 is 191. The summed E-state index contributed by atoms with van der Waals surface area (Å²) in [6, 6.07) is 67.2. The molecule has 0 fully saturated rings. The fourth-order valence-corrected chi connectivity index (χ4v) is 12.8. The first-order valence-corrected chi connectivity index (χ1v) is 37.7. The second-order valence-corrected chi connectivity index (χ2v) is 29.8. The first-order chi connectivity index (χ1) is 59.0. The van der Waals surface area contributed by atoms with E-state index in [0.29, 0.717) is 73.9 Å². The van der Waals surface area contributed by atoms with Crippen LogP contribution in [0, 0.1) is 120 Å². The molecule has 656 valence electrons. The molecule has 0 bridgehead atoms. The Balaban J connectivity index is 0.000000191. The van der Waals surface area contributed by atoms with Gasteiger partial charge in [-0.1, -0.05) is 156 Å². The molecule has 128 heavy (non-hydrogen) atoms. The maximum absolute atomic E-state index is 14.2. The van der Waals surface area contributed by atoms with E-state index in [2.05, 4.69) is 116 Å². The molecule has 0 N–H and O–H groups in total. The topological polar surface area (TPSA) is 206 Å². The van der Waals surface area contributed by atoms with Crippen LogP contribution in [0.25, 0.3) is 90.1 Å². The molecule has 16 rings (SSSR count). The smallest absolute Gasteiger partial charge is 0.306 e. The molecule has 16 aromatic heterocycles. The van der Waals surface area contributed by atoms with E-state index in [1.807, 2.05) is 61.5 Å². The van der Waals surface area contributed by atoms with Gasteiger partial charge < -0.3 is 39.9 Å². The number of pyridine rings is 16. The summed E-state index contributed by atoms with van der Waals surface area (Å²) in [4.78, 5) is 62.7. The Morgan fingerprint density at radius 3 is 0.633 bits per heavy atom. The summed E-state index contributed by atoms with van der Waals surface area (Å²) in [7, 11) is 0. The van der Waals surface area contributed by atoms with Crippen LogP contribution in [0.3, 0.4) is 0 Å². The van der Waals surface area contributed by atoms with Crippen molar-refractivity contribution in [2.24, 2.45) is 0 Å². The Bertz CT molecular complexity index is 5530. The van der Waals surface area contributed by atoms with E-state index in [4.69, 9.17) is 23.2 Å². The van der Waals surface area contributed by atoms with Gasteiger partial charge in [0.25, 0.3) is 0 Å². The van der Waals surface area contributed by atoms with E-state index in [-0.39, 0.29) is 143 Å². The van der Waals surface area contributed by atoms with Crippen LogP contribution in [0.15, 0.2) is 206 Å². The molecule has 0 spiro atoms. The summed E-state index contributed by atoms with van der Waals surface area (Å²) in [6.45, 7) is 15.0. The third kappa shape index (κ3) is 23.0. The van der Waals surface area contributed by atoms with Gasteiger partial charge in [-0.3, -0.25) is 29.9 Å². The van der Waals surface area contributed by atoms with Crippen molar-refractivity contribution >= 4 is 23.2 Å². The number of rotatable bonds is 16. The minimum atomic E-state index is -1.02.